The number of amides is 1. The third-order valence-corrected chi connectivity index (χ3v) is 3.39. The molecule has 0 radical (unpaired) electrons. The SMILES string of the molecule is CCNCCC(=O)NCC1CCCC1CO. The molecular weight excluding hydrogens is 204 g/mol. The van der Waals surface area contributed by atoms with Gasteiger partial charge in [0.15, 0.2) is 0 Å². The normalized spacial score (nSPS) is 24.6. The van der Waals surface area contributed by atoms with Gasteiger partial charge in [0.05, 0.1) is 0 Å². The standard InChI is InChI=1S/C12H24N2O2/c1-2-13-7-6-12(16)14-8-10-4-3-5-11(10)9-15/h10-11,13,15H,2-9H2,1H3,(H,14,16). The van der Waals surface area contributed by atoms with Gasteiger partial charge < -0.3 is 15.7 Å². The Morgan fingerprint density at radius 2 is 2.12 bits per heavy atom. The zero-order chi connectivity index (χ0) is 11.8. The molecule has 4 heteroatoms. The summed E-state index contributed by atoms with van der Waals surface area (Å²) in [6, 6.07) is 0. The molecule has 0 heterocycles. The van der Waals surface area contributed by atoms with Crippen molar-refractivity contribution in [1.82, 2.24) is 10.6 Å². The third kappa shape index (κ3) is 4.49. The molecule has 1 aliphatic rings. The molecule has 1 rings (SSSR count). The predicted octanol–water partition coefficient (Wildman–Crippen LogP) is 0.511. The highest BCUT2D eigenvalue weighted by Crippen LogP contribution is 2.30. The maximum absolute atomic E-state index is 11.5. The highest BCUT2D eigenvalue weighted by Gasteiger charge is 2.26. The molecule has 94 valence electrons. The lowest BCUT2D eigenvalue weighted by Crippen LogP contribution is -2.33. The minimum absolute atomic E-state index is 0.115. The molecule has 2 atom stereocenters. The van der Waals surface area contributed by atoms with E-state index in [1.807, 2.05) is 6.92 Å². The molecule has 1 aliphatic carbocycles. The molecule has 1 saturated carbocycles. The summed E-state index contributed by atoms with van der Waals surface area (Å²) in [5, 5.41) is 15.2. The molecule has 1 fully saturated rings. The Morgan fingerprint density at radius 3 is 2.81 bits per heavy atom. The van der Waals surface area contributed by atoms with E-state index >= 15 is 0 Å². The van der Waals surface area contributed by atoms with Crippen molar-refractivity contribution in [1.29, 1.82) is 0 Å². The lowest BCUT2D eigenvalue weighted by Gasteiger charge is -2.17. The van der Waals surface area contributed by atoms with Gasteiger partial charge in [-0.05, 0) is 31.2 Å². The van der Waals surface area contributed by atoms with E-state index in [1.165, 1.54) is 6.42 Å². The largest absolute Gasteiger partial charge is 0.396 e. The van der Waals surface area contributed by atoms with Crippen LogP contribution >= 0.6 is 0 Å². The number of hydrogen-bond donors (Lipinski definition) is 3. The van der Waals surface area contributed by atoms with Gasteiger partial charge in [0, 0.05) is 26.1 Å². The molecule has 3 N–H and O–H groups in total. The van der Waals surface area contributed by atoms with Crippen LogP contribution in [-0.2, 0) is 4.79 Å². The first-order chi connectivity index (χ1) is 7.77. The molecule has 0 aromatic carbocycles. The number of hydrogen-bond acceptors (Lipinski definition) is 3. The molecule has 1 amide bonds. The average Bonchev–Trinajstić information content (AvgIpc) is 2.74. The van der Waals surface area contributed by atoms with Crippen molar-refractivity contribution >= 4 is 5.91 Å². The van der Waals surface area contributed by atoms with Gasteiger partial charge in [0.1, 0.15) is 0 Å². The Morgan fingerprint density at radius 1 is 1.38 bits per heavy atom. The van der Waals surface area contributed by atoms with E-state index in [0.29, 0.717) is 18.3 Å². The van der Waals surface area contributed by atoms with Crippen molar-refractivity contribution < 1.29 is 9.90 Å². The van der Waals surface area contributed by atoms with Crippen LogP contribution in [0, 0.1) is 11.8 Å². The lowest BCUT2D eigenvalue weighted by molar-refractivity contribution is -0.121. The van der Waals surface area contributed by atoms with Gasteiger partial charge in [-0.2, -0.15) is 0 Å². The van der Waals surface area contributed by atoms with Crippen LogP contribution in [0.2, 0.25) is 0 Å². The van der Waals surface area contributed by atoms with Crippen LogP contribution in [0.1, 0.15) is 32.6 Å². The van der Waals surface area contributed by atoms with E-state index in [1.54, 1.807) is 0 Å². The van der Waals surface area contributed by atoms with Gasteiger partial charge in [0.25, 0.3) is 0 Å². The number of nitrogens with one attached hydrogen (secondary N) is 2. The van der Waals surface area contributed by atoms with Gasteiger partial charge in [-0.15, -0.1) is 0 Å². The van der Waals surface area contributed by atoms with Crippen molar-refractivity contribution in [2.24, 2.45) is 11.8 Å². The summed E-state index contributed by atoms with van der Waals surface area (Å²) in [4.78, 5) is 11.5. The van der Waals surface area contributed by atoms with Crippen molar-refractivity contribution in [3.8, 4) is 0 Å². The topological polar surface area (TPSA) is 61.4 Å². The molecule has 0 saturated heterocycles. The van der Waals surface area contributed by atoms with E-state index in [0.717, 1.165) is 32.5 Å². The molecule has 0 aliphatic heterocycles. The molecule has 0 bridgehead atoms. The first kappa shape index (κ1) is 13.5. The number of carbonyl (C=O) groups is 1. The summed E-state index contributed by atoms with van der Waals surface area (Å²) in [5.74, 6) is 0.992. The van der Waals surface area contributed by atoms with Crippen LogP contribution in [-0.4, -0.2) is 37.3 Å². The molecule has 2 unspecified atom stereocenters. The van der Waals surface area contributed by atoms with E-state index in [-0.39, 0.29) is 12.5 Å². The van der Waals surface area contributed by atoms with Gasteiger partial charge in [-0.25, -0.2) is 0 Å². The number of aliphatic hydroxyl groups excluding tert-OH is 1. The van der Waals surface area contributed by atoms with E-state index < -0.39 is 0 Å². The van der Waals surface area contributed by atoms with Crippen LogP contribution in [0.4, 0.5) is 0 Å². The summed E-state index contributed by atoms with van der Waals surface area (Å²) in [6.07, 6.45) is 3.97. The van der Waals surface area contributed by atoms with Crippen molar-refractivity contribution in [3.05, 3.63) is 0 Å². The van der Waals surface area contributed by atoms with Crippen molar-refractivity contribution in [2.45, 2.75) is 32.6 Å². The maximum Gasteiger partial charge on any atom is 0.221 e. The smallest absolute Gasteiger partial charge is 0.221 e. The Kier molecular flexibility index (Phi) is 6.42. The summed E-state index contributed by atoms with van der Waals surface area (Å²) >= 11 is 0. The zero-order valence-electron chi connectivity index (χ0n) is 10.2. The highest BCUT2D eigenvalue weighted by molar-refractivity contribution is 5.76. The monoisotopic (exact) mass is 228 g/mol. The Labute approximate surface area is 97.8 Å². The summed E-state index contributed by atoms with van der Waals surface area (Å²) < 4.78 is 0. The lowest BCUT2D eigenvalue weighted by atomic mass is 9.97. The quantitative estimate of drug-likeness (QED) is 0.556. The van der Waals surface area contributed by atoms with Gasteiger partial charge in [0.2, 0.25) is 5.91 Å². The summed E-state index contributed by atoms with van der Waals surface area (Å²) in [5.41, 5.74) is 0. The molecule has 0 aromatic rings. The third-order valence-electron chi connectivity index (χ3n) is 3.39. The van der Waals surface area contributed by atoms with Crippen LogP contribution in [0.15, 0.2) is 0 Å². The van der Waals surface area contributed by atoms with Gasteiger partial charge >= 0.3 is 0 Å². The van der Waals surface area contributed by atoms with Crippen LogP contribution in [0.25, 0.3) is 0 Å². The van der Waals surface area contributed by atoms with E-state index in [4.69, 9.17) is 5.11 Å². The number of carbonyl (C=O) groups excluding carboxylic acids is 1. The van der Waals surface area contributed by atoms with Crippen molar-refractivity contribution in [3.63, 3.8) is 0 Å². The van der Waals surface area contributed by atoms with Gasteiger partial charge in [-0.3, -0.25) is 4.79 Å². The second kappa shape index (κ2) is 7.63. The maximum atomic E-state index is 11.5. The molecule has 16 heavy (non-hydrogen) atoms. The minimum atomic E-state index is 0.115. The van der Waals surface area contributed by atoms with Gasteiger partial charge in [-0.1, -0.05) is 13.3 Å². The Hall–Kier alpha value is -0.610. The summed E-state index contributed by atoms with van der Waals surface area (Å²) in [6.45, 7) is 4.68. The van der Waals surface area contributed by atoms with Crippen LogP contribution < -0.4 is 10.6 Å². The first-order valence-electron chi connectivity index (χ1n) is 6.36. The Bertz CT molecular complexity index is 209. The highest BCUT2D eigenvalue weighted by atomic mass is 16.3. The Balaban J connectivity index is 2.11. The minimum Gasteiger partial charge on any atom is -0.396 e. The fourth-order valence-corrected chi connectivity index (χ4v) is 2.33. The zero-order valence-corrected chi connectivity index (χ0v) is 10.2. The molecule has 0 spiro atoms. The van der Waals surface area contributed by atoms with Crippen molar-refractivity contribution in [2.75, 3.05) is 26.2 Å². The fourth-order valence-electron chi connectivity index (χ4n) is 2.33. The van der Waals surface area contributed by atoms with E-state index in [2.05, 4.69) is 10.6 Å². The molecular formula is C12H24N2O2. The number of rotatable bonds is 7. The fraction of sp³-hybridized carbons (Fsp3) is 0.917. The molecule has 0 aromatic heterocycles. The second-order valence-corrected chi connectivity index (χ2v) is 4.54. The predicted molar refractivity (Wildman–Crippen MR) is 64.1 cm³/mol. The summed E-state index contributed by atoms with van der Waals surface area (Å²) in [7, 11) is 0. The average molecular weight is 228 g/mol. The second-order valence-electron chi connectivity index (χ2n) is 4.54. The number of aliphatic hydroxyl groups is 1. The van der Waals surface area contributed by atoms with Crippen LogP contribution in [0.5, 0.6) is 0 Å². The first-order valence-corrected chi connectivity index (χ1v) is 6.36. The molecule has 4 nitrogen and oxygen atoms in total. The van der Waals surface area contributed by atoms with E-state index in [9.17, 15) is 4.79 Å². The van der Waals surface area contributed by atoms with Crippen LogP contribution in [0.3, 0.4) is 0 Å².